The molecule has 0 spiro atoms. The number of fused-ring (bicyclic) bond motifs is 1. The molecule has 4 fully saturated rings. The fourth-order valence-corrected chi connectivity index (χ4v) is 5.78. The van der Waals surface area contributed by atoms with E-state index in [0.717, 1.165) is 47.8 Å². The average Bonchev–Trinajstić information content (AvgIpc) is 2.60. The van der Waals surface area contributed by atoms with Crippen molar-refractivity contribution >= 4 is 22.7 Å². The Morgan fingerprint density at radius 1 is 0.808 bits per heavy atom. The van der Waals surface area contributed by atoms with E-state index in [-0.39, 0.29) is 5.41 Å². The van der Waals surface area contributed by atoms with Gasteiger partial charge in [0, 0.05) is 0 Å². The Balaban J connectivity index is 0.000000129. The molecule has 0 unspecified atom stereocenters. The number of aromatic carboxylic acids is 1. The molecule has 4 heteroatoms. The maximum absolute atomic E-state index is 11.3. The standard InChI is InChI=1S/C11H16O2.C11H8O2/c12-10(13)11-4-7-1-8(5-11)3-9(2-7)6-11;12-11(13)10-7-3-5-8-4-1-2-6-9(8)10/h7-9H,1-6H2,(H,12,13);1-7H,(H,12,13). The number of carboxylic acids is 2. The monoisotopic (exact) mass is 352 g/mol. The molecule has 0 heterocycles. The zero-order valence-corrected chi connectivity index (χ0v) is 14.7. The fraction of sp³-hybridized carbons (Fsp3) is 0.455. The molecule has 2 N–H and O–H groups in total. The summed E-state index contributed by atoms with van der Waals surface area (Å²) in [5, 5.41) is 19.9. The largest absolute Gasteiger partial charge is 0.481 e. The molecule has 6 rings (SSSR count). The van der Waals surface area contributed by atoms with Gasteiger partial charge >= 0.3 is 11.9 Å². The van der Waals surface area contributed by atoms with Crippen LogP contribution in [-0.4, -0.2) is 22.2 Å². The van der Waals surface area contributed by atoms with Crippen molar-refractivity contribution in [2.24, 2.45) is 23.2 Å². The van der Waals surface area contributed by atoms with Gasteiger partial charge in [-0.15, -0.1) is 0 Å². The van der Waals surface area contributed by atoms with Crippen LogP contribution in [0.3, 0.4) is 0 Å². The van der Waals surface area contributed by atoms with Crippen molar-refractivity contribution in [1.82, 2.24) is 0 Å². The van der Waals surface area contributed by atoms with Gasteiger partial charge in [-0.2, -0.15) is 0 Å². The second kappa shape index (κ2) is 6.42. The maximum atomic E-state index is 11.3. The molecule has 2 aromatic carbocycles. The first-order chi connectivity index (χ1) is 12.5. The first-order valence-electron chi connectivity index (χ1n) is 9.41. The highest BCUT2D eigenvalue weighted by Gasteiger charge is 2.54. The van der Waals surface area contributed by atoms with Crippen LogP contribution in [0.15, 0.2) is 42.5 Å². The summed E-state index contributed by atoms with van der Waals surface area (Å²) in [4.78, 5) is 22.1. The molecule has 2 aromatic rings. The highest BCUT2D eigenvalue weighted by atomic mass is 16.4. The third kappa shape index (κ3) is 2.98. The van der Waals surface area contributed by atoms with Crippen molar-refractivity contribution in [3.63, 3.8) is 0 Å². The van der Waals surface area contributed by atoms with E-state index in [0.29, 0.717) is 5.56 Å². The molecule has 4 aliphatic rings. The Labute approximate surface area is 152 Å². The van der Waals surface area contributed by atoms with Crippen LogP contribution >= 0.6 is 0 Å². The van der Waals surface area contributed by atoms with E-state index >= 15 is 0 Å². The van der Waals surface area contributed by atoms with Crippen LogP contribution in [0.4, 0.5) is 0 Å². The summed E-state index contributed by atoms with van der Waals surface area (Å²) in [5.41, 5.74) is 0.0764. The van der Waals surface area contributed by atoms with Crippen LogP contribution in [0.5, 0.6) is 0 Å². The number of benzene rings is 2. The number of hydrogen-bond acceptors (Lipinski definition) is 2. The molecule has 4 saturated carbocycles. The Bertz CT molecular complexity index is 814. The normalized spacial score (nSPS) is 31.3. The van der Waals surface area contributed by atoms with Gasteiger partial charge in [-0.1, -0.05) is 36.4 Å². The van der Waals surface area contributed by atoms with Crippen LogP contribution in [0.1, 0.15) is 48.9 Å². The highest BCUT2D eigenvalue weighted by molar-refractivity contribution is 6.03. The van der Waals surface area contributed by atoms with Crippen molar-refractivity contribution in [1.29, 1.82) is 0 Å². The van der Waals surface area contributed by atoms with Crippen molar-refractivity contribution in [3.8, 4) is 0 Å². The molecule has 26 heavy (non-hydrogen) atoms. The first kappa shape index (κ1) is 17.1. The van der Waals surface area contributed by atoms with Gasteiger partial charge in [0.15, 0.2) is 0 Å². The molecule has 0 aliphatic heterocycles. The molecule has 4 nitrogen and oxygen atoms in total. The van der Waals surface area contributed by atoms with Crippen molar-refractivity contribution in [2.75, 3.05) is 0 Å². The zero-order valence-electron chi connectivity index (χ0n) is 14.7. The van der Waals surface area contributed by atoms with Crippen molar-refractivity contribution < 1.29 is 19.8 Å². The van der Waals surface area contributed by atoms with Gasteiger partial charge in [0.25, 0.3) is 0 Å². The summed E-state index contributed by atoms with van der Waals surface area (Å²) in [6.07, 6.45) is 6.92. The predicted octanol–water partition coefficient (Wildman–Crippen LogP) is 4.83. The summed E-state index contributed by atoms with van der Waals surface area (Å²) in [6.45, 7) is 0. The van der Waals surface area contributed by atoms with E-state index in [1.165, 1.54) is 19.3 Å². The van der Waals surface area contributed by atoms with E-state index in [1.54, 1.807) is 12.1 Å². The molecule has 0 saturated heterocycles. The maximum Gasteiger partial charge on any atom is 0.336 e. The van der Waals surface area contributed by atoms with Crippen molar-refractivity contribution in [2.45, 2.75) is 38.5 Å². The minimum atomic E-state index is -0.878. The number of hydrogen-bond donors (Lipinski definition) is 2. The molecule has 0 amide bonds. The van der Waals surface area contributed by atoms with Crippen LogP contribution in [-0.2, 0) is 4.79 Å². The number of rotatable bonds is 2. The molecular formula is C22H24O4. The number of carbonyl (C=O) groups is 2. The third-order valence-corrected chi connectivity index (χ3v) is 6.51. The topological polar surface area (TPSA) is 74.6 Å². The summed E-state index contributed by atoms with van der Waals surface area (Å²) in [7, 11) is 0. The second-order valence-corrected chi connectivity index (χ2v) is 8.33. The Hall–Kier alpha value is -2.36. The van der Waals surface area contributed by atoms with Gasteiger partial charge in [-0.05, 0) is 73.1 Å². The smallest absolute Gasteiger partial charge is 0.336 e. The Kier molecular flexibility index (Phi) is 4.22. The lowest BCUT2D eigenvalue weighted by Crippen LogP contribution is -2.49. The molecular weight excluding hydrogens is 328 g/mol. The molecule has 0 radical (unpaired) electrons. The van der Waals surface area contributed by atoms with E-state index in [9.17, 15) is 14.7 Å². The van der Waals surface area contributed by atoms with Gasteiger partial charge < -0.3 is 10.2 Å². The lowest BCUT2D eigenvalue weighted by atomic mass is 9.49. The van der Waals surface area contributed by atoms with Gasteiger partial charge in [0.1, 0.15) is 0 Å². The molecule has 4 bridgehead atoms. The minimum absolute atomic E-state index is 0.283. The van der Waals surface area contributed by atoms with Gasteiger partial charge in [0.05, 0.1) is 11.0 Å². The van der Waals surface area contributed by atoms with E-state index < -0.39 is 11.9 Å². The molecule has 136 valence electrons. The molecule has 0 atom stereocenters. The molecule has 4 aliphatic carbocycles. The van der Waals surface area contributed by atoms with Crippen LogP contribution in [0.25, 0.3) is 10.8 Å². The summed E-state index contributed by atoms with van der Waals surface area (Å²) < 4.78 is 0. The predicted molar refractivity (Wildman–Crippen MR) is 99.1 cm³/mol. The Morgan fingerprint density at radius 2 is 1.35 bits per heavy atom. The van der Waals surface area contributed by atoms with Crippen LogP contribution in [0.2, 0.25) is 0 Å². The second-order valence-electron chi connectivity index (χ2n) is 8.33. The van der Waals surface area contributed by atoms with E-state index in [4.69, 9.17) is 5.11 Å². The van der Waals surface area contributed by atoms with Crippen molar-refractivity contribution in [3.05, 3.63) is 48.0 Å². The van der Waals surface area contributed by atoms with Gasteiger partial charge in [0.2, 0.25) is 0 Å². The lowest BCUT2D eigenvalue weighted by Gasteiger charge is -2.54. The van der Waals surface area contributed by atoms with Gasteiger partial charge in [-0.3, -0.25) is 4.79 Å². The number of carboxylic acid groups (broad SMARTS) is 2. The summed E-state index contributed by atoms with van der Waals surface area (Å²) in [6, 6.07) is 12.7. The zero-order chi connectivity index (χ0) is 18.3. The van der Waals surface area contributed by atoms with Crippen LogP contribution in [0, 0.1) is 23.2 Å². The quantitative estimate of drug-likeness (QED) is 0.812. The molecule has 0 aromatic heterocycles. The Morgan fingerprint density at radius 3 is 1.88 bits per heavy atom. The fourth-order valence-electron chi connectivity index (χ4n) is 5.78. The first-order valence-corrected chi connectivity index (χ1v) is 9.41. The minimum Gasteiger partial charge on any atom is -0.481 e. The lowest BCUT2D eigenvalue weighted by molar-refractivity contribution is -0.164. The SMILES string of the molecule is O=C(O)C12CC3CC(CC(C3)C1)C2.O=C(O)c1cccc2ccccc12. The van der Waals surface area contributed by atoms with Crippen LogP contribution < -0.4 is 0 Å². The summed E-state index contributed by atoms with van der Waals surface area (Å²) >= 11 is 0. The summed E-state index contributed by atoms with van der Waals surface area (Å²) in [5.74, 6) is 0.871. The van der Waals surface area contributed by atoms with E-state index in [2.05, 4.69) is 0 Å². The number of aliphatic carboxylic acids is 1. The average molecular weight is 352 g/mol. The van der Waals surface area contributed by atoms with E-state index in [1.807, 2.05) is 30.3 Å². The highest BCUT2D eigenvalue weighted by Crippen LogP contribution is 2.60. The van der Waals surface area contributed by atoms with Gasteiger partial charge in [-0.25, -0.2) is 4.79 Å². The third-order valence-electron chi connectivity index (χ3n) is 6.51.